The van der Waals surface area contributed by atoms with Crippen LogP contribution in [0, 0.1) is 5.82 Å². The molecule has 3 rings (SSSR count). The molecule has 1 amide bonds. The summed E-state index contributed by atoms with van der Waals surface area (Å²) in [5, 5.41) is 12.9. The summed E-state index contributed by atoms with van der Waals surface area (Å²) in [6.45, 7) is 1.36. The average Bonchev–Trinajstić information content (AvgIpc) is 3.19. The van der Waals surface area contributed by atoms with Gasteiger partial charge < -0.3 is 38.2 Å². The molecule has 0 aliphatic rings. The van der Waals surface area contributed by atoms with E-state index in [4.69, 9.17) is 26.8 Å². The number of halogens is 3. The van der Waals surface area contributed by atoms with Crippen LogP contribution in [0.2, 0.25) is 5.02 Å². The number of aromatic nitrogens is 2. The minimum atomic E-state index is -0.460. The number of carbonyl (C=O) groups excluding carboxylic acids is 1. The summed E-state index contributed by atoms with van der Waals surface area (Å²) in [6.07, 6.45) is 0. The highest BCUT2D eigenvalue weighted by Crippen LogP contribution is 2.30. The van der Waals surface area contributed by atoms with Gasteiger partial charge in [0, 0.05) is 25.2 Å². The standard InChI is InChI=1S/C20H21ClFN5O4.ClH/c1-29-17-9-12(10-24-7-8-25-20(28)18-19(23)27-31-26-18)5-6-16(17)30-11-13-14(21)3-2-4-15(13)22;/h2-6,9,24H,7-8,10-11H2,1H3,(H2,23,27)(H,25,28);1H/p-1. The molecule has 0 atom stereocenters. The van der Waals surface area contributed by atoms with Crippen LogP contribution < -0.4 is 38.2 Å². The van der Waals surface area contributed by atoms with Gasteiger partial charge in [-0.3, -0.25) is 4.79 Å². The summed E-state index contributed by atoms with van der Waals surface area (Å²) in [6, 6.07) is 9.88. The number of methoxy groups -OCH3 is 1. The highest BCUT2D eigenvalue weighted by atomic mass is 35.5. The van der Waals surface area contributed by atoms with Gasteiger partial charge in [-0.05, 0) is 40.1 Å². The van der Waals surface area contributed by atoms with Crippen molar-refractivity contribution in [3.63, 3.8) is 0 Å². The van der Waals surface area contributed by atoms with Gasteiger partial charge >= 0.3 is 0 Å². The van der Waals surface area contributed by atoms with E-state index in [9.17, 15) is 9.18 Å². The van der Waals surface area contributed by atoms with Crippen LogP contribution >= 0.6 is 11.6 Å². The van der Waals surface area contributed by atoms with Crippen molar-refractivity contribution < 1.29 is 35.7 Å². The number of anilines is 1. The largest absolute Gasteiger partial charge is 1.00 e. The quantitative estimate of drug-likeness (QED) is 0.330. The lowest BCUT2D eigenvalue weighted by Gasteiger charge is -2.14. The van der Waals surface area contributed by atoms with Crippen molar-refractivity contribution in [2.45, 2.75) is 13.2 Å². The predicted octanol–water partition coefficient (Wildman–Crippen LogP) is -0.444. The van der Waals surface area contributed by atoms with Gasteiger partial charge in [0.05, 0.1) is 12.1 Å². The average molecular weight is 485 g/mol. The lowest BCUT2D eigenvalue weighted by atomic mass is 10.2. The molecule has 0 bridgehead atoms. The van der Waals surface area contributed by atoms with Crippen LogP contribution in [0.1, 0.15) is 21.6 Å². The molecule has 9 nitrogen and oxygen atoms in total. The van der Waals surface area contributed by atoms with Gasteiger partial charge in [-0.1, -0.05) is 23.7 Å². The molecule has 0 radical (unpaired) electrons. The van der Waals surface area contributed by atoms with Crippen molar-refractivity contribution in [3.05, 3.63) is 64.1 Å². The summed E-state index contributed by atoms with van der Waals surface area (Å²) in [5.41, 5.74) is 6.64. The molecule has 172 valence electrons. The fraction of sp³-hybridized carbons (Fsp3) is 0.250. The zero-order valence-corrected chi connectivity index (χ0v) is 18.5. The molecule has 0 fully saturated rings. The molecule has 0 spiro atoms. The van der Waals surface area contributed by atoms with Crippen LogP contribution in [-0.2, 0) is 13.2 Å². The van der Waals surface area contributed by atoms with Gasteiger partial charge in [0.25, 0.3) is 5.91 Å². The number of nitrogens with two attached hydrogens (primary N) is 1. The molecule has 12 heteroatoms. The minimum absolute atomic E-state index is 0. The number of hydrogen-bond donors (Lipinski definition) is 3. The van der Waals surface area contributed by atoms with Crippen molar-refractivity contribution in [1.82, 2.24) is 20.9 Å². The van der Waals surface area contributed by atoms with Crippen LogP contribution in [0.3, 0.4) is 0 Å². The summed E-state index contributed by atoms with van der Waals surface area (Å²) < 4.78 is 29.4. The topological polar surface area (TPSA) is 125 Å². The molecule has 0 saturated carbocycles. The van der Waals surface area contributed by atoms with Crippen molar-refractivity contribution in [1.29, 1.82) is 0 Å². The Bertz CT molecular complexity index is 1030. The second kappa shape index (κ2) is 12.1. The fourth-order valence-corrected chi connectivity index (χ4v) is 2.91. The van der Waals surface area contributed by atoms with E-state index in [2.05, 4.69) is 25.6 Å². The van der Waals surface area contributed by atoms with Gasteiger partial charge in [0.1, 0.15) is 12.4 Å². The van der Waals surface area contributed by atoms with E-state index >= 15 is 0 Å². The van der Waals surface area contributed by atoms with E-state index < -0.39 is 11.7 Å². The van der Waals surface area contributed by atoms with E-state index in [-0.39, 0.29) is 36.1 Å². The first kappa shape index (κ1) is 25.2. The number of amides is 1. The highest BCUT2D eigenvalue weighted by molar-refractivity contribution is 6.31. The summed E-state index contributed by atoms with van der Waals surface area (Å²) in [7, 11) is 1.52. The van der Waals surface area contributed by atoms with Crippen LogP contribution in [0.25, 0.3) is 0 Å². The third kappa shape index (κ3) is 6.46. The van der Waals surface area contributed by atoms with Crippen LogP contribution in [0.15, 0.2) is 41.0 Å². The molecule has 32 heavy (non-hydrogen) atoms. The first-order valence-corrected chi connectivity index (χ1v) is 9.67. The SMILES string of the molecule is COc1cc(CNCCNC(=O)c2nonc2N)ccc1OCc1c(F)cccc1Cl.[Cl-]. The molecular weight excluding hydrogens is 464 g/mol. The number of carbonyl (C=O) groups is 1. The zero-order chi connectivity index (χ0) is 22.2. The smallest absolute Gasteiger partial charge is 0.277 e. The number of nitrogens with zero attached hydrogens (tertiary/aromatic N) is 2. The Hall–Kier alpha value is -3.08. The molecule has 2 aromatic carbocycles. The number of rotatable bonds is 10. The maximum atomic E-state index is 13.9. The Morgan fingerprint density at radius 1 is 1.22 bits per heavy atom. The van der Waals surface area contributed by atoms with Crippen LogP contribution in [0.4, 0.5) is 10.2 Å². The second-order valence-electron chi connectivity index (χ2n) is 6.40. The molecule has 0 aliphatic carbocycles. The van der Waals surface area contributed by atoms with Gasteiger partial charge in [0.2, 0.25) is 11.5 Å². The Labute approximate surface area is 194 Å². The maximum absolute atomic E-state index is 13.9. The first-order chi connectivity index (χ1) is 15.0. The summed E-state index contributed by atoms with van der Waals surface area (Å²) in [4.78, 5) is 11.8. The van der Waals surface area contributed by atoms with E-state index in [1.807, 2.05) is 12.1 Å². The maximum Gasteiger partial charge on any atom is 0.277 e. The van der Waals surface area contributed by atoms with Crippen LogP contribution in [0.5, 0.6) is 11.5 Å². The number of nitrogens with one attached hydrogen (secondary N) is 2. The van der Waals surface area contributed by atoms with Gasteiger partial charge in [-0.15, -0.1) is 0 Å². The second-order valence-corrected chi connectivity index (χ2v) is 6.81. The van der Waals surface area contributed by atoms with E-state index in [0.29, 0.717) is 36.2 Å². The molecule has 3 aromatic rings. The van der Waals surface area contributed by atoms with Crippen molar-refractivity contribution in [2.24, 2.45) is 0 Å². The van der Waals surface area contributed by atoms with E-state index in [1.54, 1.807) is 12.1 Å². The fourth-order valence-electron chi connectivity index (χ4n) is 2.70. The number of benzene rings is 2. The summed E-state index contributed by atoms with van der Waals surface area (Å²) >= 11 is 6.03. The number of nitrogen functional groups attached to an aromatic ring is 1. The predicted molar refractivity (Wildman–Crippen MR) is 111 cm³/mol. The van der Waals surface area contributed by atoms with Gasteiger partial charge in [-0.25, -0.2) is 9.02 Å². The molecule has 4 N–H and O–H groups in total. The molecule has 1 aromatic heterocycles. The Morgan fingerprint density at radius 2 is 2.03 bits per heavy atom. The Morgan fingerprint density at radius 3 is 2.72 bits per heavy atom. The third-order valence-electron chi connectivity index (χ3n) is 4.31. The Kier molecular flexibility index (Phi) is 9.51. The minimum Gasteiger partial charge on any atom is -1.00 e. The first-order valence-electron chi connectivity index (χ1n) is 9.29. The lowest BCUT2D eigenvalue weighted by molar-refractivity contribution is -0.0000163. The molecule has 0 aliphatic heterocycles. The number of ether oxygens (including phenoxy) is 2. The number of hydrogen-bond acceptors (Lipinski definition) is 8. The zero-order valence-electron chi connectivity index (χ0n) is 17.0. The van der Waals surface area contributed by atoms with Gasteiger partial charge in [0.15, 0.2) is 11.5 Å². The third-order valence-corrected chi connectivity index (χ3v) is 4.66. The molecule has 1 heterocycles. The molecular formula is C20H21Cl2FN5O4-. The normalized spacial score (nSPS) is 10.3. The Balaban J connectivity index is 0.00000363. The molecule has 0 unspecified atom stereocenters. The lowest BCUT2D eigenvalue weighted by Crippen LogP contribution is -3.00. The van der Waals surface area contributed by atoms with Gasteiger partial charge in [-0.2, -0.15) is 0 Å². The van der Waals surface area contributed by atoms with Crippen molar-refractivity contribution >= 4 is 23.3 Å². The summed E-state index contributed by atoms with van der Waals surface area (Å²) in [5.74, 6) is 0.0309. The van der Waals surface area contributed by atoms with E-state index in [1.165, 1.54) is 19.2 Å². The molecule has 0 saturated heterocycles. The highest BCUT2D eigenvalue weighted by Gasteiger charge is 2.15. The van der Waals surface area contributed by atoms with Crippen molar-refractivity contribution in [3.8, 4) is 11.5 Å². The van der Waals surface area contributed by atoms with Crippen LogP contribution in [-0.4, -0.2) is 36.4 Å². The monoisotopic (exact) mass is 484 g/mol. The van der Waals surface area contributed by atoms with E-state index in [0.717, 1.165) is 5.56 Å². The van der Waals surface area contributed by atoms with Crippen molar-refractivity contribution in [2.75, 3.05) is 25.9 Å².